The molecule has 0 spiro atoms. The van der Waals surface area contributed by atoms with Gasteiger partial charge >= 0.3 is 0 Å². The Balaban J connectivity index is 1.39. The van der Waals surface area contributed by atoms with Gasteiger partial charge in [0, 0.05) is 30.9 Å². The first-order valence-electron chi connectivity index (χ1n) is 9.69. The first kappa shape index (κ1) is 20.1. The summed E-state index contributed by atoms with van der Waals surface area (Å²) in [6.07, 6.45) is 1.53. The maximum Gasteiger partial charge on any atom is 0.213 e. The molecular formula is C21H22FN5O3. The first-order valence-corrected chi connectivity index (χ1v) is 9.69. The Hall–Kier alpha value is -3.17. The fourth-order valence-electron chi connectivity index (χ4n) is 3.16. The predicted molar refractivity (Wildman–Crippen MR) is 106 cm³/mol. The maximum absolute atomic E-state index is 13.2. The highest BCUT2D eigenvalue weighted by Crippen LogP contribution is 2.16. The monoisotopic (exact) mass is 411 g/mol. The number of aromatic nitrogens is 4. The van der Waals surface area contributed by atoms with E-state index in [0.29, 0.717) is 42.6 Å². The van der Waals surface area contributed by atoms with Gasteiger partial charge in [-0.25, -0.2) is 14.1 Å². The number of Topliss-reactive ketones (excluding diaryl/α,β-unsaturated/α-hetero) is 1. The molecule has 0 atom stereocenters. The third-order valence-electron chi connectivity index (χ3n) is 4.91. The van der Waals surface area contributed by atoms with E-state index in [1.54, 1.807) is 28.9 Å². The summed E-state index contributed by atoms with van der Waals surface area (Å²) in [5.41, 5.74) is 2.67. The van der Waals surface area contributed by atoms with Gasteiger partial charge in [-0.3, -0.25) is 9.69 Å². The number of carbonyl (C=O) groups excluding carboxylic acids is 1. The minimum Gasteiger partial charge on any atom is -0.471 e. The van der Waals surface area contributed by atoms with Gasteiger partial charge in [0.15, 0.2) is 5.78 Å². The van der Waals surface area contributed by atoms with Gasteiger partial charge in [-0.15, -0.1) is 5.10 Å². The number of carbonyl (C=O) groups is 1. The molecule has 0 N–H and O–H groups in total. The summed E-state index contributed by atoms with van der Waals surface area (Å²) in [6.45, 7) is 5.19. The molecule has 0 aliphatic carbocycles. The second-order valence-electron chi connectivity index (χ2n) is 7.00. The van der Waals surface area contributed by atoms with Crippen LogP contribution in [-0.4, -0.2) is 63.5 Å². The molecule has 3 aromatic rings. The number of ether oxygens (including phenoxy) is 2. The van der Waals surface area contributed by atoms with Crippen LogP contribution in [0.1, 0.15) is 21.7 Å². The third kappa shape index (κ3) is 4.69. The van der Waals surface area contributed by atoms with Crippen LogP contribution < -0.4 is 4.74 Å². The van der Waals surface area contributed by atoms with Crippen LogP contribution in [0.3, 0.4) is 0 Å². The highest BCUT2D eigenvalue weighted by Gasteiger charge is 2.16. The van der Waals surface area contributed by atoms with Gasteiger partial charge in [0.2, 0.25) is 5.88 Å². The number of ketones is 1. The summed E-state index contributed by atoms with van der Waals surface area (Å²) in [5, 5.41) is 8.19. The predicted octanol–water partition coefficient (Wildman–Crippen LogP) is 2.20. The van der Waals surface area contributed by atoms with E-state index in [1.165, 1.54) is 18.3 Å². The molecule has 0 saturated carbocycles. The number of nitrogens with zero attached hydrogens (tertiary/aromatic N) is 5. The lowest BCUT2D eigenvalue weighted by Gasteiger charge is -2.25. The number of hydrogen-bond donors (Lipinski definition) is 0. The fourth-order valence-corrected chi connectivity index (χ4v) is 3.16. The first-order chi connectivity index (χ1) is 14.6. The van der Waals surface area contributed by atoms with E-state index in [9.17, 15) is 9.18 Å². The van der Waals surface area contributed by atoms with Crippen LogP contribution in [0.4, 0.5) is 4.39 Å². The summed E-state index contributed by atoms with van der Waals surface area (Å²) in [6, 6.07) is 9.37. The van der Waals surface area contributed by atoms with Crippen LogP contribution in [0, 0.1) is 12.7 Å². The van der Waals surface area contributed by atoms with E-state index in [-0.39, 0.29) is 18.2 Å². The Labute approximate surface area is 173 Å². The number of halogens is 1. The Morgan fingerprint density at radius 2 is 1.93 bits per heavy atom. The molecule has 1 fully saturated rings. The molecule has 4 rings (SSSR count). The minimum atomic E-state index is -0.319. The summed E-state index contributed by atoms with van der Waals surface area (Å²) >= 11 is 0. The van der Waals surface area contributed by atoms with E-state index >= 15 is 0 Å². The fraction of sp³-hybridized carbons (Fsp3) is 0.333. The normalized spacial score (nSPS) is 14.6. The molecule has 9 heteroatoms. The molecule has 0 amide bonds. The van der Waals surface area contributed by atoms with Crippen LogP contribution in [0.25, 0.3) is 5.69 Å². The van der Waals surface area contributed by atoms with E-state index in [2.05, 4.69) is 20.2 Å². The topological polar surface area (TPSA) is 82.4 Å². The molecule has 156 valence electrons. The van der Waals surface area contributed by atoms with Crippen molar-refractivity contribution in [2.45, 2.75) is 13.5 Å². The van der Waals surface area contributed by atoms with Crippen molar-refractivity contribution in [2.24, 2.45) is 0 Å². The van der Waals surface area contributed by atoms with Crippen molar-refractivity contribution < 1.29 is 18.7 Å². The lowest BCUT2D eigenvalue weighted by atomic mass is 10.2. The van der Waals surface area contributed by atoms with Crippen molar-refractivity contribution in [3.05, 3.63) is 65.4 Å². The molecule has 0 unspecified atom stereocenters. The highest BCUT2D eigenvalue weighted by atomic mass is 19.1. The molecule has 0 bridgehead atoms. The zero-order chi connectivity index (χ0) is 20.9. The van der Waals surface area contributed by atoms with Crippen molar-refractivity contribution in [3.8, 4) is 11.6 Å². The van der Waals surface area contributed by atoms with Gasteiger partial charge in [-0.1, -0.05) is 5.21 Å². The van der Waals surface area contributed by atoms with E-state index < -0.39 is 0 Å². The average molecular weight is 411 g/mol. The number of morpholine rings is 1. The number of hydrogen-bond acceptors (Lipinski definition) is 7. The molecule has 1 saturated heterocycles. The molecule has 30 heavy (non-hydrogen) atoms. The maximum atomic E-state index is 13.2. The molecule has 3 heterocycles. The van der Waals surface area contributed by atoms with Crippen molar-refractivity contribution >= 4 is 5.78 Å². The van der Waals surface area contributed by atoms with Gasteiger partial charge in [0.05, 0.1) is 31.1 Å². The molecule has 0 radical (unpaired) electrons. The summed E-state index contributed by atoms with van der Waals surface area (Å²) in [4.78, 5) is 18.8. The van der Waals surface area contributed by atoms with E-state index in [4.69, 9.17) is 9.47 Å². The Morgan fingerprint density at radius 1 is 1.17 bits per heavy atom. The van der Waals surface area contributed by atoms with Crippen LogP contribution in [0.5, 0.6) is 5.88 Å². The summed E-state index contributed by atoms with van der Waals surface area (Å²) in [7, 11) is 0. The third-order valence-corrected chi connectivity index (χ3v) is 4.91. The summed E-state index contributed by atoms with van der Waals surface area (Å²) < 4.78 is 25.9. The largest absolute Gasteiger partial charge is 0.471 e. The van der Waals surface area contributed by atoms with Crippen molar-refractivity contribution in [1.82, 2.24) is 24.9 Å². The number of pyridine rings is 1. The van der Waals surface area contributed by atoms with Crippen LogP contribution in [0.2, 0.25) is 0 Å². The molecule has 2 aromatic heterocycles. The standard InChI is InChI=1S/C21H22FN5O3/c1-15-19(27(25-24-15)18-5-3-17(22)4-6-18)14-30-21-7-2-16(12-23-21)20(28)13-26-8-10-29-11-9-26/h2-7,12H,8-11,13-14H2,1H3. The number of benzene rings is 1. The molecule has 1 aliphatic rings. The van der Waals surface area contributed by atoms with Gasteiger partial charge in [0.1, 0.15) is 18.1 Å². The van der Waals surface area contributed by atoms with Crippen LogP contribution in [-0.2, 0) is 11.3 Å². The molecular weight excluding hydrogens is 389 g/mol. The second kappa shape index (κ2) is 9.10. The van der Waals surface area contributed by atoms with Gasteiger partial charge < -0.3 is 9.47 Å². The van der Waals surface area contributed by atoms with Crippen molar-refractivity contribution in [3.63, 3.8) is 0 Å². The van der Waals surface area contributed by atoms with Gasteiger partial charge in [-0.05, 0) is 37.3 Å². The Bertz CT molecular complexity index is 998. The van der Waals surface area contributed by atoms with Gasteiger partial charge in [-0.2, -0.15) is 0 Å². The van der Waals surface area contributed by atoms with Crippen molar-refractivity contribution in [1.29, 1.82) is 0 Å². The van der Waals surface area contributed by atoms with E-state index in [0.717, 1.165) is 18.8 Å². The molecule has 8 nitrogen and oxygen atoms in total. The quantitative estimate of drug-likeness (QED) is 0.551. The number of aryl methyl sites for hydroxylation is 1. The van der Waals surface area contributed by atoms with Gasteiger partial charge in [0.25, 0.3) is 0 Å². The molecule has 1 aromatic carbocycles. The average Bonchev–Trinajstić information content (AvgIpc) is 3.14. The smallest absolute Gasteiger partial charge is 0.213 e. The Morgan fingerprint density at radius 3 is 2.63 bits per heavy atom. The molecule has 1 aliphatic heterocycles. The van der Waals surface area contributed by atoms with E-state index in [1.807, 2.05) is 6.92 Å². The SMILES string of the molecule is Cc1nnn(-c2ccc(F)cc2)c1COc1ccc(C(=O)CN2CCOCC2)cn1. The van der Waals surface area contributed by atoms with Crippen LogP contribution >= 0.6 is 0 Å². The number of rotatable bonds is 7. The van der Waals surface area contributed by atoms with Crippen molar-refractivity contribution in [2.75, 3.05) is 32.8 Å². The lowest BCUT2D eigenvalue weighted by molar-refractivity contribution is 0.0371. The zero-order valence-electron chi connectivity index (χ0n) is 16.6. The lowest BCUT2D eigenvalue weighted by Crippen LogP contribution is -2.39. The van der Waals surface area contributed by atoms with Crippen LogP contribution in [0.15, 0.2) is 42.6 Å². The minimum absolute atomic E-state index is 0.0189. The zero-order valence-corrected chi connectivity index (χ0v) is 16.6. The highest BCUT2D eigenvalue weighted by molar-refractivity contribution is 5.97. The Kier molecular flexibility index (Phi) is 6.10. The summed E-state index contributed by atoms with van der Waals surface area (Å²) in [5.74, 6) is 0.0930. The second-order valence-corrected chi connectivity index (χ2v) is 7.00.